The quantitative estimate of drug-likeness (QED) is 0.717. The summed E-state index contributed by atoms with van der Waals surface area (Å²) in [6.07, 6.45) is 2.17. The zero-order valence-corrected chi connectivity index (χ0v) is 11.3. The second kappa shape index (κ2) is 5.29. The van der Waals surface area contributed by atoms with Gasteiger partial charge in [-0.2, -0.15) is 0 Å². The highest BCUT2D eigenvalue weighted by molar-refractivity contribution is 7.91. The Balaban J connectivity index is 2.55. The van der Waals surface area contributed by atoms with Crippen molar-refractivity contribution in [3.63, 3.8) is 0 Å². The molecule has 86 valence electrons. The van der Waals surface area contributed by atoms with Gasteiger partial charge < -0.3 is 0 Å². The van der Waals surface area contributed by atoms with E-state index in [-0.39, 0.29) is 0 Å². The van der Waals surface area contributed by atoms with Gasteiger partial charge in [0.05, 0.1) is 12.5 Å². The summed E-state index contributed by atoms with van der Waals surface area (Å²) in [6, 6.07) is 21.6. The molecule has 0 aliphatic heterocycles. The Morgan fingerprint density at radius 1 is 0.765 bits per heavy atom. The third-order valence-electron chi connectivity index (χ3n) is 3.03. The van der Waals surface area contributed by atoms with E-state index in [0.717, 1.165) is 0 Å². The highest BCUT2D eigenvalue weighted by atomic mass is 31.2. The third-order valence-corrected chi connectivity index (χ3v) is 6.67. The number of hydrogen-bond donors (Lipinski definition) is 0. The minimum Gasteiger partial charge on any atom is -0.0620 e. The lowest BCUT2D eigenvalue weighted by Gasteiger charge is -2.18. The van der Waals surface area contributed by atoms with Crippen LogP contribution < -0.4 is 10.6 Å². The molecule has 2 rings (SSSR count). The molecule has 0 atom stereocenters. The molecule has 0 radical (unpaired) electrons. The van der Waals surface area contributed by atoms with Crippen molar-refractivity contribution in [2.24, 2.45) is 0 Å². The summed E-state index contributed by atoms with van der Waals surface area (Å²) >= 11 is 0. The Hall–Kier alpha value is -1.39. The molecule has 17 heavy (non-hydrogen) atoms. The lowest BCUT2D eigenvalue weighted by atomic mass is 10.4. The first kappa shape index (κ1) is 12.1. The first-order chi connectivity index (χ1) is 8.27. The van der Waals surface area contributed by atoms with Crippen LogP contribution in [0.2, 0.25) is 0 Å². The number of hydrogen-bond acceptors (Lipinski definition) is 0. The van der Waals surface area contributed by atoms with E-state index < -0.39 is 7.26 Å². The Morgan fingerprint density at radius 2 is 1.18 bits per heavy atom. The zero-order chi connectivity index (χ0) is 12.1. The smallest absolute Gasteiger partial charge is 0.0620 e. The molecule has 0 fully saturated rings. The summed E-state index contributed by atoms with van der Waals surface area (Å²) in [5, 5.41) is 2.87. The van der Waals surface area contributed by atoms with Gasteiger partial charge >= 0.3 is 0 Å². The molecule has 0 spiro atoms. The van der Waals surface area contributed by atoms with Gasteiger partial charge in [0.1, 0.15) is 17.9 Å². The number of rotatable bonds is 3. The summed E-state index contributed by atoms with van der Waals surface area (Å²) in [6.45, 7) is 4.47. The molecule has 0 nitrogen and oxygen atoms in total. The first-order valence-corrected chi connectivity index (χ1v) is 8.19. The number of benzene rings is 2. The van der Waals surface area contributed by atoms with E-state index >= 15 is 0 Å². The Bertz CT molecular complexity index is 446. The van der Waals surface area contributed by atoms with Crippen molar-refractivity contribution < 1.29 is 0 Å². The van der Waals surface area contributed by atoms with Gasteiger partial charge in [-0.3, -0.25) is 0 Å². The second-order valence-electron chi connectivity index (χ2n) is 4.23. The maximum Gasteiger partial charge on any atom is 0.103 e. The van der Waals surface area contributed by atoms with Gasteiger partial charge in [-0.15, -0.1) is 0 Å². The summed E-state index contributed by atoms with van der Waals surface area (Å²) in [5.74, 6) is 2.37. The lowest BCUT2D eigenvalue weighted by Crippen LogP contribution is -2.19. The second-order valence-corrected chi connectivity index (χ2v) is 7.71. The SMILES string of the molecule is C/C=C\[P+](C)(c1ccccc1)c1ccccc1. The average Bonchev–Trinajstić information content (AvgIpc) is 2.41. The van der Waals surface area contributed by atoms with Gasteiger partial charge in [0.2, 0.25) is 0 Å². The van der Waals surface area contributed by atoms with Gasteiger partial charge in [-0.25, -0.2) is 0 Å². The molecule has 2 aromatic carbocycles. The summed E-state index contributed by atoms with van der Waals surface area (Å²) in [4.78, 5) is 0. The fourth-order valence-electron chi connectivity index (χ4n) is 2.09. The monoisotopic (exact) mass is 241 g/mol. The van der Waals surface area contributed by atoms with Crippen LogP contribution in [0.4, 0.5) is 0 Å². The molecule has 0 saturated carbocycles. The first-order valence-electron chi connectivity index (χ1n) is 5.88. The molecular formula is C16H18P+. The van der Waals surface area contributed by atoms with Gasteiger partial charge in [-0.05, 0) is 31.2 Å². The molecule has 0 saturated heterocycles. The van der Waals surface area contributed by atoms with Gasteiger partial charge in [0.25, 0.3) is 0 Å². The van der Waals surface area contributed by atoms with Crippen LogP contribution in [0.3, 0.4) is 0 Å². The molecular weight excluding hydrogens is 223 g/mol. The van der Waals surface area contributed by atoms with Crippen molar-refractivity contribution in [1.82, 2.24) is 0 Å². The van der Waals surface area contributed by atoms with Gasteiger partial charge in [0.15, 0.2) is 0 Å². The standard InChI is InChI=1S/C16H18P/c1-3-14-17(2,15-10-6-4-7-11-15)16-12-8-5-9-13-16/h3-14H,1-2H3/q+1/b14-3-. The molecule has 0 bridgehead atoms. The van der Waals surface area contributed by atoms with Crippen molar-refractivity contribution in [3.05, 3.63) is 72.6 Å². The highest BCUT2D eigenvalue weighted by Crippen LogP contribution is 2.53. The number of allylic oxidation sites excluding steroid dienone is 1. The molecule has 0 aromatic heterocycles. The van der Waals surface area contributed by atoms with Crippen molar-refractivity contribution in [2.45, 2.75) is 6.92 Å². The van der Waals surface area contributed by atoms with Crippen LogP contribution in [-0.2, 0) is 0 Å². The van der Waals surface area contributed by atoms with Crippen molar-refractivity contribution in [1.29, 1.82) is 0 Å². The molecule has 0 aliphatic rings. The third kappa shape index (κ3) is 2.48. The largest absolute Gasteiger partial charge is 0.103 e. The maximum atomic E-state index is 2.37. The molecule has 0 N–H and O–H groups in total. The summed E-state index contributed by atoms with van der Waals surface area (Å²) < 4.78 is 0. The minimum atomic E-state index is -1.35. The van der Waals surface area contributed by atoms with Crippen molar-refractivity contribution in [3.8, 4) is 0 Å². The summed E-state index contributed by atoms with van der Waals surface area (Å²) in [5.41, 5.74) is 0. The zero-order valence-electron chi connectivity index (χ0n) is 10.4. The fourth-order valence-corrected chi connectivity index (χ4v) is 4.92. The lowest BCUT2D eigenvalue weighted by molar-refractivity contribution is 1.72. The molecule has 1 heteroatoms. The van der Waals surface area contributed by atoms with Crippen molar-refractivity contribution in [2.75, 3.05) is 6.66 Å². The Kier molecular flexibility index (Phi) is 3.76. The predicted molar refractivity (Wildman–Crippen MR) is 79.8 cm³/mol. The molecule has 0 amide bonds. The highest BCUT2D eigenvalue weighted by Gasteiger charge is 2.34. The van der Waals surface area contributed by atoms with Gasteiger partial charge in [-0.1, -0.05) is 42.5 Å². The van der Waals surface area contributed by atoms with Crippen LogP contribution in [0.1, 0.15) is 6.92 Å². The molecule has 0 unspecified atom stereocenters. The maximum absolute atomic E-state index is 2.37. The van der Waals surface area contributed by atoms with E-state index in [1.165, 1.54) is 10.6 Å². The van der Waals surface area contributed by atoms with E-state index in [1.807, 2.05) is 0 Å². The molecule has 0 heterocycles. The van der Waals surface area contributed by atoms with Crippen LogP contribution >= 0.6 is 7.26 Å². The predicted octanol–water partition coefficient (Wildman–Crippen LogP) is 3.82. The van der Waals surface area contributed by atoms with E-state index in [2.05, 4.69) is 86.1 Å². The van der Waals surface area contributed by atoms with Crippen molar-refractivity contribution >= 4 is 17.9 Å². The average molecular weight is 241 g/mol. The van der Waals surface area contributed by atoms with Crippen LogP contribution in [0.25, 0.3) is 0 Å². The Labute approximate surface area is 104 Å². The fraction of sp³-hybridized carbons (Fsp3) is 0.125. The normalized spacial score (nSPS) is 11.9. The molecule has 0 aliphatic carbocycles. The van der Waals surface area contributed by atoms with E-state index in [4.69, 9.17) is 0 Å². The van der Waals surface area contributed by atoms with Gasteiger partial charge in [0, 0.05) is 0 Å². The van der Waals surface area contributed by atoms with E-state index in [0.29, 0.717) is 0 Å². The topological polar surface area (TPSA) is 0 Å². The minimum absolute atomic E-state index is 1.35. The molecule has 2 aromatic rings. The van der Waals surface area contributed by atoms with Crippen LogP contribution in [0.15, 0.2) is 72.6 Å². The van der Waals surface area contributed by atoms with Crippen LogP contribution in [-0.4, -0.2) is 6.66 Å². The Morgan fingerprint density at radius 3 is 1.53 bits per heavy atom. The van der Waals surface area contributed by atoms with Crippen LogP contribution in [0.5, 0.6) is 0 Å². The summed E-state index contributed by atoms with van der Waals surface area (Å²) in [7, 11) is -1.35. The van der Waals surface area contributed by atoms with Crippen LogP contribution in [0, 0.1) is 0 Å². The van der Waals surface area contributed by atoms with E-state index in [1.54, 1.807) is 0 Å². The van der Waals surface area contributed by atoms with E-state index in [9.17, 15) is 0 Å².